The molecular formula is C17H32IN5O. The van der Waals surface area contributed by atoms with Crippen LogP contribution in [0.15, 0.2) is 4.99 Å². The van der Waals surface area contributed by atoms with Gasteiger partial charge < -0.3 is 15.5 Å². The van der Waals surface area contributed by atoms with E-state index in [1.165, 1.54) is 19.4 Å². The molecule has 0 aromatic rings. The van der Waals surface area contributed by atoms with Crippen LogP contribution in [0.1, 0.15) is 39.0 Å². The van der Waals surface area contributed by atoms with Crippen LogP contribution in [0.5, 0.6) is 0 Å². The second kappa shape index (κ2) is 8.69. The van der Waals surface area contributed by atoms with Crippen molar-refractivity contribution in [2.75, 3.05) is 46.3 Å². The molecule has 6 nitrogen and oxygen atoms in total. The van der Waals surface area contributed by atoms with Crippen LogP contribution in [-0.4, -0.2) is 74.0 Å². The fraction of sp³-hybridized carbons (Fsp3) is 0.882. The van der Waals surface area contributed by atoms with Crippen molar-refractivity contribution < 1.29 is 4.79 Å². The van der Waals surface area contributed by atoms with Crippen molar-refractivity contribution in [2.24, 2.45) is 10.4 Å². The second-order valence-corrected chi connectivity index (χ2v) is 7.33. The minimum absolute atomic E-state index is 0. The number of hydrogen-bond acceptors (Lipinski definition) is 3. The van der Waals surface area contributed by atoms with E-state index < -0.39 is 0 Å². The van der Waals surface area contributed by atoms with Crippen LogP contribution in [0.2, 0.25) is 0 Å². The Morgan fingerprint density at radius 3 is 2.92 bits per heavy atom. The number of aliphatic imine (C=N–C) groups is 1. The maximum Gasteiger partial charge on any atom is 0.220 e. The third-order valence-corrected chi connectivity index (χ3v) is 5.77. The Bertz CT molecular complexity index is 472. The minimum atomic E-state index is 0. The summed E-state index contributed by atoms with van der Waals surface area (Å²) in [4.78, 5) is 21.1. The van der Waals surface area contributed by atoms with Gasteiger partial charge >= 0.3 is 0 Å². The zero-order valence-corrected chi connectivity index (χ0v) is 17.3. The Hall–Kier alpha value is -0.570. The lowest BCUT2D eigenvalue weighted by atomic mass is 9.79. The molecule has 0 bridgehead atoms. The van der Waals surface area contributed by atoms with Crippen molar-refractivity contribution >= 4 is 35.8 Å². The molecule has 1 amide bonds. The average Bonchev–Trinajstić information content (AvgIpc) is 3.15. The maximum atomic E-state index is 11.7. The first-order valence-corrected chi connectivity index (χ1v) is 9.12. The van der Waals surface area contributed by atoms with Crippen LogP contribution in [0.25, 0.3) is 0 Å². The molecule has 1 spiro atoms. The van der Waals surface area contributed by atoms with Crippen LogP contribution >= 0.6 is 24.0 Å². The van der Waals surface area contributed by atoms with E-state index in [2.05, 4.69) is 32.3 Å². The van der Waals surface area contributed by atoms with Crippen LogP contribution in [-0.2, 0) is 4.79 Å². The third-order valence-electron chi connectivity index (χ3n) is 5.77. The number of likely N-dealkylation sites (N-methyl/N-ethyl adjacent to an activating group) is 1. The lowest BCUT2D eigenvalue weighted by Gasteiger charge is -2.41. The maximum absolute atomic E-state index is 11.7. The molecule has 2 atom stereocenters. The molecule has 3 aliphatic heterocycles. The van der Waals surface area contributed by atoms with Gasteiger partial charge in [0, 0.05) is 51.1 Å². The summed E-state index contributed by atoms with van der Waals surface area (Å²) in [6.45, 7) is 8.37. The predicted molar refractivity (Wildman–Crippen MR) is 108 cm³/mol. The molecule has 7 heteroatoms. The highest BCUT2D eigenvalue weighted by Gasteiger charge is 2.42. The number of carbonyl (C=O) groups is 1. The minimum Gasteiger partial charge on any atom is -0.355 e. The van der Waals surface area contributed by atoms with E-state index in [4.69, 9.17) is 0 Å². The van der Waals surface area contributed by atoms with Crippen molar-refractivity contribution in [2.45, 2.75) is 45.1 Å². The average molecular weight is 449 g/mol. The van der Waals surface area contributed by atoms with Crippen molar-refractivity contribution in [1.29, 1.82) is 0 Å². The Balaban J connectivity index is 0.00000208. The van der Waals surface area contributed by atoms with E-state index in [1.54, 1.807) is 0 Å². The standard InChI is InChI=1S/C17H31N5O.HI/c1-3-21-8-4-6-14(21)11-19-16(18-2)22-9-5-7-17(13-22)10-15(23)20-12-17;/h14H,3-13H2,1-2H3,(H,18,19)(H,20,23);1H. The zero-order chi connectivity index (χ0) is 16.3. The second-order valence-electron chi connectivity index (χ2n) is 7.33. The van der Waals surface area contributed by atoms with Crippen molar-refractivity contribution in [3.63, 3.8) is 0 Å². The molecule has 3 fully saturated rings. The molecule has 24 heavy (non-hydrogen) atoms. The van der Waals surface area contributed by atoms with Gasteiger partial charge in [0.2, 0.25) is 5.91 Å². The van der Waals surface area contributed by atoms with Gasteiger partial charge in [-0.3, -0.25) is 14.7 Å². The van der Waals surface area contributed by atoms with Gasteiger partial charge in [-0.15, -0.1) is 24.0 Å². The van der Waals surface area contributed by atoms with E-state index in [1.807, 2.05) is 7.05 Å². The molecule has 3 aliphatic rings. The molecule has 0 radical (unpaired) electrons. The predicted octanol–water partition coefficient (Wildman–Crippen LogP) is 1.27. The van der Waals surface area contributed by atoms with Gasteiger partial charge in [-0.25, -0.2) is 0 Å². The quantitative estimate of drug-likeness (QED) is 0.387. The lowest BCUT2D eigenvalue weighted by molar-refractivity contribution is -0.119. The van der Waals surface area contributed by atoms with Crippen LogP contribution in [0, 0.1) is 5.41 Å². The monoisotopic (exact) mass is 449 g/mol. The van der Waals surface area contributed by atoms with Crippen molar-refractivity contribution in [3.8, 4) is 0 Å². The summed E-state index contributed by atoms with van der Waals surface area (Å²) >= 11 is 0. The molecule has 3 heterocycles. The number of nitrogens with zero attached hydrogens (tertiary/aromatic N) is 3. The molecule has 2 N–H and O–H groups in total. The summed E-state index contributed by atoms with van der Waals surface area (Å²) in [5.74, 6) is 1.21. The number of guanidine groups is 1. The summed E-state index contributed by atoms with van der Waals surface area (Å²) < 4.78 is 0. The molecule has 3 rings (SSSR count). The Labute approximate surface area is 162 Å². The van der Waals surface area contributed by atoms with Gasteiger partial charge in [-0.2, -0.15) is 0 Å². The van der Waals surface area contributed by atoms with E-state index in [-0.39, 0.29) is 35.3 Å². The number of halogens is 1. The molecule has 0 aromatic carbocycles. The van der Waals surface area contributed by atoms with Crippen LogP contribution < -0.4 is 10.6 Å². The number of nitrogens with one attached hydrogen (secondary N) is 2. The topological polar surface area (TPSA) is 60.0 Å². The SMILES string of the molecule is CCN1CCCC1CNC(=NC)N1CCCC2(CNC(=O)C2)C1.I. The molecule has 3 saturated heterocycles. The highest BCUT2D eigenvalue weighted by molar-refractivity contribution is 14.0. The van der Waals surface area contributed by atoms with Gasteiger partial charge in [-0.1, -0.05) is 6.92 Å². The molecule has 0 aliphatic carbocycles. The summed E-state index contributed by atoms with van der Waals surface area (Å²) in [6, 6.07) is 0.630. The first-order valence-electron chi connectivity index (χ1n) is 9.12. The van der Waals surface area contributed by atoms with E-state index in [0.29, 0.717) is 12.5 Å². The van der Waals surface area contributed by atoms with Crippen molar-refractivity contribution in [1.82, 2.24) is 20.4 Å². The summed E-state index contributed by atoms with van der Waals surface area (Å²) in [6.07, 6.45) is 5.54. The van der Waals surface area contributed by atoms with E-state index in [9.17, 15) is 4.79 Å². The fourth-order valence-corrected chi connectivity index (χ4v) is 4.51. The van der Waals surface area contributed by atoms with Crippen LogP contribution in [0.3, 0.4) is 0 Å². The third kappa shape index (κ3) is 4.33. The van der Waals surface area contributed by atoms with Gasteiger partial charge in [-0.05, 0) is 38.8 Å². The number of amides is 1. The Morgan fingerprint density at radius 2 is 2.25 bits per heavy atom. The van der Waals surface area contributed by atoms with Gasteiger partial charge in [0.05, 0.1) is 0 Å². The molecule has 0 aromatic heterocycles. The molecule has 0 saturated carbocycles. The van der Waals surface area contributed by atoms with E-state index >= 15 is 0 Å². The molecule has 138 valence electrons. The Kier molecular flexibility index (Phi) is 7.15. The van der Waals surface area contributed by atoms with Gasteiger partial charge in [0.1, 0.15) is 0 Å². The van der Waals surface area contributed by atoms with Crippen LogP contribution in [0.4, 0.5) is 0 Å². The normalized spacial score (nSPS) is 31.2. The van der Waals surface area contributed by atoms with E-state index in [0.717, 1.165) is 51.5 Å². The van der Waals surface area contributed by atoms with Gasteiger partial charge in [0.15, 0.2) is 5.96 Å². The number of rotatable bonds is 3. The number of likely N-dealkylation sites (tertiary alicyclic amines) is 2. The first-order chi connectivity index (χ1) is 11.2. The lowest BCUT2D eigenvalue weighted by Crippen LogP contribution is -2.53. The largest absolute Gasteiger partial charge is 0.355 e. The first kappa shape index (κ1) is 19.8. The summed E-state index contributed by atoms with van der Waals surface area (Å²) in [7, 11) is 1.87. The Morgan fingerprint density at radius 1 is 1.42 bits per heavy atom. The molecular weight excluding hydrogens is 417 g/mol. The zero-order valence-electron chi connectivity index (χ0n) is 15.0. The smallest absolute Gasteiger partial charge is 0.220 e. The number of carbonyl (C=O) groups excluding carboxylic acids is 1. The number of hydrogen-bond donors (Lipinski definition) is 2. The van der Waals surface area contributed by atoms with Gasteiger partial charge in [0.25, 0.3) is 0 Å². The van der Waals surface area contributed by atoms with Crippen molar-refractivity contribution in [3.05, 3.63) is 0 Å². The number of piperidine rings is 1. The highest BCUT2D eigenvalue weighted by atomic mass is 127. The summed E-state index contributed by atoms with van der Waals surface area (Å²) in [5, 5.41) is 6.61. The summed E-state index contributed by atoms with van der Waals surface area (Å²) in [5.41, 5.74) is 0.121. The molecule has 2 unspecified atom stereocenters. The fourth-order valence-electron chi connectivity index (χ4n) is 4.51. The highest BCUT2D eigenvalue weighted by Crippen LogP contribution is 2.36.